The molecule has 6 nitrogen and oxygen atoms in total. The van der Waals surface area contributed by atoms with E-state index in [-0.39, 0.29) is 48.5 Å². The molecule has 0 saturated carbocycles. The van der Waals surface area contributed by atoms with Crippen LogP contribution in [0.15, 0.2) is 72.8 Å². The Morgan fingerprint density at radius 2 is 1.46 bits per heavy atom. The maximum Gasteiger partial charge on any atom is 0.410 e. The van der Waals surface area contributed by atoms with Gasteiger partial charge in [-0.3, -0.25) is 9.69 Å². The van der Waals surface area contributed by atoms with E-state index in [1.807, 2.05) is 24.3 Å². The first-order chi connectivity index (χ1) is 19.0. The Kier molecular flexibility index (Phi) is 7.04. The first kappa shape index (κ1) is 25.5. The van der Waals surface area contributed by atoms with Gasteiger partial charge in [0.25, 0.3) is 0 Å². The SMILES string of the molecule is O=C(Cc1ccccc1OC(F)F)C1CC2COCC(C1)N2C(=O)OCC1c2ccccc2-c2ccccc21. The van der Waals surface area contributed by atoms with Gasteiger partial charge in [0.1, 0.15) is 18.1 Å². The number of nitrogens with zero attached hydrogens (tertiary/aromatic N) is 1. The van der Waals surface area contributed by atoms with Crippen LogP contribution in [0, 0.1) is 5.92 Å². The molecule has 1 aliphatic carbocycles. The first-order valence-electron chi connectivity index (χ1n) is 13.3. The number of alkyl halides is 2. The maximum absolute atomic E-state index is 13.4. The molecule has 0 aromatic heterocycles. The van der Waals surface area contributed by atoms with Crippen LogP contribution in [0.2, 0.25) is 0 Å². The Labute approximate surface area is 225 Å². The van der Waals surface area contributed by atoms with E-state index >= 15 is 0 Å². The van der Waals surface area contributed by atoms with E-state index in [9.17, 15) is 18.4 Å². The van der Waals surface area contributed by atoms with E-state index in [4.69, 9.17) is 9.47 Å². The van der Waals surface area contributed by atoms with E-state index in [1.54, 1.807) is 23.1 Å². The van der Waals surface area contributed by atoms with Gasteiger partial charge in [-0.15, -0.1) is 0 Å². The fraction of sp³-hybridized carbons (Fsp3) is 0.355. The number of para-hydroxylation sites is 1. The summed E-state index contributed by atoms with van der Waals surface area (Å²) in [6.45, 7) is -2.07. The van der Waals surface area contributed by atoms with E-state index < -0.39 is 12.7 Å². The standard InChI is InChI=1S/C31H29F2NO5/c32-30(33)39-29-12-6-1-7-19(29)15-28(35)20-13-21-16-37-17-22(14-20)34(21)31(36)38-18-27-25-10-4-2-8-23(25)24-9-3-5-11-26(24)27/h1-12,20-22,27,30H,13-18H2. The molecule has 2 saturated heterocycles. The lowest BCUT2D eigenvalue weighted by Crippen LogP contribution is -2.60. The number of ketones is 1. The van der Waals surface area contributed by atoms with Gasteiger partial charge in [-0.1, -0.05) is 66.7 Å². The number of fused-ring (bicyclic) bond motifs is 5. The number of carbonyl (C=O) groups excluding carboxylic acids is 2. The quantitative estimate of drug-likeness (QED) is 0.383. The van der Waals surface area contributed by atoms with Crippen LogP contribution in [0.1, 0.15) is 35.4 Å². The van der Waals surface area contributed by atoms with Crippen molar-refractivity contribution in [1.82, 2.24) is 4.90 Å². The Bertz CT molecular complexity index is 1320. The third-order valence-corrected chi connectivity index (χ3v) is 8.08. The summed E-state index contributed by atoms with van der Waals surface area (Å²) in [5.74, 6) is -0.377. The van der Waals surface area contributed by atoms with E-state index in [0.29, 0.717) is 31.6 Å². The second-order valence-corrected chi connectivity index (χ2v) is 10.4. The van der Waals surface area contributed by atoms with Gasteiger partial charge < -0.3 is 14.2 Å². The van der Waals surface area contributed by atoms with Crippen LogP contribution in [-0.4, -0.2) is 55.3 Å². The number of ether oxygens (including phenoxy) is 3. The Morgan fingerprint density at radius 3 is 2.10 bits per heavy atom. The molecule has 0 radical (unpaired) electrons. The predicted octanol–water partition coefficient (Wildman–Crippen LogP) is 5.83. The molecule has 2 bridgehead atoms. The Morgan fingerprint density at radius 1 is 0.872 bits per heavy atom. The van der Waals surface area contributed by atoms with E-state index in [2.05, 4.69) is 29.0 Å². The zero-order valence-electron chi connectivity index (χ0n) is 21.3. The molecule has 1 amide bonds. The maximum atomic E-state index is 13.4. The Hall–Kier alpha value is -3.78. The fourth-order valence-electron chi connectivity index (χ4n) is 6.34. The summed E-state index contributed by atoms with van der Waals surface area (Å²) in [7, 11) is 0. The topological polar surface area (TPSA) is 65.1 Å². The molecule has 2 atom stereocenters. The highest BCUT2D eigenvalue weighted by Gasteiger charge is 2.44. The molecule has 202 valence electrons. The van der Waals surface area contributed by atoms with Crippen LogP contribution in [0.4, 0.5) is 13.6 Å². The highest BCUT2D eigenvalue weighted by atomic mass is 19.3. The summed E-state index contributed by atoms with van der Waals surface area (Å²) < 4.78 is 41.9. The molecule has 3 aromatic rings. The normalized spacial score (nSPS) is 21.8. The molecular weight excluding hydrogens is 504 g/mol. The summed E-state index contributed by atoms with van der Waals surface area (Å²) >= 11 is 0. The van der Waals surface area contributed by atoms with Crippen LogP contribution in [0.5, 0.6) is 5.75 Å². The number of hydrogen-bond donors (Lipinski definition) is 0. The zero-order chi connectivity index (χ0) is 26.9. The molecule has 8 heteroatoms. The van der Waals surface area contributed by atoms with Crippen molar-refractivity contribution in [2.24, 2.45) is 5.92 Å². The fourth-order valence-corrected chi connectivity index (χ4v) is 6.34. The Balaban J connectivity index is 1.12. The van der Waals surface area contributed by atoms with Crippen molar-refractivity contribution in [2.75, 3.05) is 19.8 Å². The molecule has 6 rings (SSSR count). The first-order valence-corrected chi connectivity index (χ1v) is 13.3. The summed E-state index contributed by atoms with van der Waals surface area (Å²) in [6, 6.07) is 22.2. The van der Waals surface area contributed by atoms with Crippen molar-refractivity contribution in [1.29, 1.82) is 0 Å². The van der Waals surface area contributed by atoms with Crippen molar-refractivity contribution in [3.8, 4) is 16.9 Å². The molecule has 2 heterocycles. The van der Waals surface area contributed by atoms with Gasteiger partial charge in [0, 0.05) is 23.8 Å². The van der Waals surface area contributed by atoms with Crippen molar-refractivity contribution in [3.05, 3.63) is 89.5 Å². The summed E-state index contributed by atoms with van der Waals surface area (Å²) in [5, 5.41) is 0. The lowest BCUT2D eigenvalue weighted by molar-refractivity contribution is -0.130. The predicted molar refractivity (Wildman–Crippen MR) is 140 cm³/mol. The molecule has 39 heavy (non-hydrogen) atoms. The molecule has 2 aliphatic heterocycles. The number of Topliss-reactive ketones (excluding diaryl/α,β-unsaturated/α-hetero) is 1. The van der Waals surface area contributed by atoms with Gasteiger partial charge >= 0.3 is 12.7 Å². The molecule has 3 aliphatic rings. The third-order valence-electron chi connectivity index (χ3n) is 8.08. The van der Waals surface area contributed by atoms with Crippen LogP contribution >= 0.6 is 0 Å². The number of rotatable bonds is 7. The minimum atomic E-state index is -2.96. The van der Waals surface area contributed by atoms with Crippen LogP contribution < -0.4 is 4.74 Å². The smallest absolute Gasteiger partial charge is 0.410 e. The highest BCUT2D eigenvalue weighted by molar-refractivity contribution is 5.84. The molecule has 0 N–H and O–H groups in total. The lowest BCUT2D eigenvalue weighted by Gasteiger charge is -2.47. The molecule has 3 aromatic carbocycles. The van der Waals surface area contributed by atoms with Gasteiger partial charge in [0.05, 0.1) is 25.3 Å². The number of hydrogen-bond acceptors (Lipinski definition) is 5. The van der Waals surface area contributed by atoms with E-state index in [1.165, 1.54) is 17.2 Å². The summed E-state index contributed by atoms with van der Waals surface area (Å²) in [5.41, 5.74) is 5.06. The highest BCUT2D eigenvalue weighted by Crippen LogP contribution is 2.44. The molecule has 2 fully saturated rings. The van der Waals surface area contributed by atoms with Crippen molar-refractivity contribution < 1.29 is 32.6 Å². The van der Waals surface area contributed by atoms with Crippen molar-refractivity contribution in [3.63, 3.8) is 0 Å². The molecule has 2 unspecified atom stereocenters. The molecule has 0 spiro atoms. The number of piperidine rings is 1. The number of amides is 1. The second kappa shape index (κ2) is 10.8. The number of benzene rings is 3. The summed E-state index contributed by atoms with van der Waals surface area (Å²) in [6.07, 6.45) is 0.491. The van der Waals surface area contributed by atoms with Crippen LogP contribution in [0.25, 0.3) is 11.1 Å². The average Bonchev–Trinajstić information content (AvgIpc) is 3.25. The number of carbonyl (C=O) groups is 2. The van der Waals surface area contributed by atoms with E-state index in [0.717, 1.165) is 11.1 Å². The average molecular weight is 534 g/mol. The largest absolute Gasteiger partial charge is 0.448 e. The van der Waals surface area contributed by atoms with Crippen molar-refractivity contribution in [2.45, 2.75) is 43.9 Å². The van der Waals surface area contributed by atoms with Crippen LogP contribution in [-0.2, 0) is 20.7 Å². The van der Waals surface area contributed by atoms with Crippen molar-refractivity contribution >= 4 is 11.9 Å². The van der Waals surface area contributed by atoms with Gasteiger partial charge in [-0.05, 0) is 41.2 Å². The van der Waals surface area contributed by atoms with Gasteiger partial charge in [0.2, 0.25) is 0 Å². The number of morpholine rings is 1. The second-order valence-electron chi connectivity index (χ2n) is 10.4. The molecular formula is C31H29F2NO5. The minimum absolute atomic E-state index is 0.00119. The van der Waals surface area contributed by atoms with Gasteiger partial charge in [-0.2, -0.15) is 8.78 Å². The lowest BCUT2D eigenvalue weighted by atomic mass is 9.81. The van der Waals surface area contributed by atoms with Gasteiger partial charge in [-0.25, -0.2) is 4.79 Å². The zero-order valence-corrected chi connectivity index (χ0v) is 21.3. The number of halogens is 2. The van der Waals surface area contributed by atoms with Gasteiger partial charge in [0.15, 0.2) is 0 Å². The minimum Gasteiger partial charge on any atom is -0.448 e. The monoisotopic (exact) mass is 533 g/mol. The third kappa shape index (κ3) is 5.01. The summed E-state index contributed by atoms with van der Waals surface area (Å²) in [4.78, 5) is 28.4. The van der Waals surface area contributed by atoms with Crippen LogP contribution in [0.3, 0.4) is 0 Å².